The molecule has 0 bridgehead atoms. The molecule has 0 amide bonds. The lowest BCUT2D eigenvalue weighted by atomic mass is 10.2. The maximum absolute atomic E-state index is 5.81. The van der Waals surface area contributed by atoms with Crippen LogP contribution in [0.15, 0.2) is 36.4 Å². The minimum absolute atomic E-state index is 0.0793. The molecule has 2 aromatic heterocycles. The van der Waals surface area contributed by atoms with Crippen molar-refractivity contribution in [2.45, 2.75) is 91.6 Å². The average molecular weight is 473 g/mol. The molecular weight excluding hydrogens is 428 g/mol. The predicted molar refractivity (Wildman–Crippen MR) is 137 cm³/mol. The molecule has 0 aliphatic heterocycles. The zero-order valence-corrected chi connectivity index (χ0v) is 22.1. The Morgan fingerprint density at radius 3 is 1.32 bits per heavy atom. The zero-order chi connectivity index (χ0) is 24.9. The van der Waals surface area contributed by atoms with Crippen LogP contribution in [0, 0.1) is 0 Å². The number of rotatable bonds is 15. The molecule has 0 fully saturated rings. The van der Waals surface area contributed by atoms with Crippen LogP contribution in [0.3, 0.4) is 0 Å². The third kappa shape index (κ3) is 13.1. The van der Waals surface area contributed by atoms with Gasteiger partial charge < -0.3 is 18.9 Å². The summed E-state index contributed by atoms with van der Waals surface area (Å²) in [4.78, 5) is 9.47. The van der Waals surface area contributed by atoms with Gasteiger partial charge in [-0.3, -0.25) is 0 Å². The van der Waals surface area contributed by atoms with Gasteiger partial charge in [0.2, 0.25) is 0 Å². The van der Waals surface area contributed by atoms with Gasteiger partial charge in [-0.1, -0.05) is 12.1 Å². The number of hydrogen-bond donors (Lipinski definition) is 0. The monoisotopic (exact) mass is 472 g/mol. The molecule has 0 N–H and O–H groups in total. The van der Waals surface area contributed by atoms with Gasteiger partial charge in [0.15, 0.2) is 0 Å². The third-order valence-corrected chi connectivity index (χ3v) is 4.81. The molecule has 0 saturated heterocycles. The molecule has 2 aromatic rings. The molecule has 6 heteroatoms. The fourth-order valence-corrected chi connectivity index (χ4v) is 3.13. The summed E-state index contributed by atoms with van der Waals surface area (Å²) < 4.78 is 23.1. The first-order valence-corrected chi connectivity index (χ1v) is 12.5. The normalized spacial score (nSPS) is 12.3. The first kappa shape index (κ1) is 28.4. The molecule has 0 aliphatic carbocycles. The Labute approximate surface area is 206 Å². The van der Waals surface area contributed by atoms with Crippen molar-refractivity contribution in [2.24, 2.45) is 0 Å². The number of hydrogen-bond acceptors (Lipinski definition) is 6. The summed E-state index contributed by atoms with van der Waals surface area (Å²) >= 11 is 0. The fraction of sp³-hybridized carbons (Fsp3) is 0.643. The molecule has 0 spiro atoms. The molecular formula is C28H44N2O4. The number of ether oxygens (including phenoxy) is 4. The summed E-state index contributed by atoms with van der Waals surface area (Å²) in [7, 11) is 0. The minimum Gasteiger partial charge on any atom is -0.376 e. The van der Waals surface area contributed by atoms with Crippen molar-refractivity contribution in [2.75, 3.05) is 26.4 Å². The molecule has 190 valence electrons. The molecule has 6 nitrogen and oxygen atoms in total. The summed E-state index contributed by atoms with van der Waals surface area (Å²) in [6.45, 7) is 16.4. The summed E-state index contributed by atoms with van der Waals surface area (Å²) in [5.74, 6) is 0. The standard InChI is InChI=1S/C28H44N2O4/c1-27(2,3)33-19-9-7-17-31-21-23-13-11-15-25(29-23)26-16-12-14-24(30-26)22-32-18-8-10-20-34-28(4,5)6/h11-16H,7-10,17-22H2,1-6H3. The number of unbranched alkanes of at least 4 members (excludes halogenated alkanes) is 2. The quantitative estimate of drug-likeness (QED) is 0.281. The molecule has 0 aliphatic rings. The van der Waals surface area contributed by atoms with Crippen LogP contribution >= 0.6 is 0 Å². The van der Waals surface area contributed by atoms with Gasteiger partial charge in [0.25, 0.3) is 0 Å². The molecule has 0 saturated carbocycles. The lowest BCUT2D eigenvalue weighted by Gasteiger charge is -2.19. The van der Waals surface area contributed by atoms with Gasteiger partial charge in [-0.05, 0) is 91.5 Å². The van der Waals surface area contributed by atoms with Crippen molar-refractivity contribution in [3.63, 3.8) is 0 Å². The predicted octanol–water partition coefficient (Wildman–Crippen LogP) is 6.37. The molecule has 34 heavy (non-hydrogen) atoms. The van der Waals surface area contributed by atoms with Crippen LogP contribution in [-0.4, -0.2) is 47.6 Å². The van der Waals surface area contributed by atoms with Gasteiger partial charge in [-0.2, -0.15) is 0 Å². The van der Waals surface area contributed by atoms with E-state index in [1.165, 1.54) is 0 Å². The third-order valence-electron chi connectivity index (χ3n) is 4.81. The van der Waals surface area contributed by atoms with Crippen molar-refractivity contribution < 1.29 is 18.9 Å². The molecule has 0 atom stereocenters. The van der Waals surface area contributed by atoms with E-state index in [4.69, 9.17) is 28.9 Å². The van der Waals surface area contributed by atoms with Crippen LogP contribution in [0.1, 0.15) is 78.6 Å². The molecule has 2 heterocycles. The summed E-state index contributed by atoms with van der Waals surface area (Å²) in [5, 5.41) is 0. The SMILES string of the molecule is CC(C)(C)OCCCCOCc1cccc(-c2cccc(COCCCCOC(C)(C)C)n2)n1. The highest BCUT2D eigenvalue weighted by Gasteiger charge is 2.10. The van der Waals surface area contributed by atoms with Crippen molar-refractivity contribution in [3.05, 3.63) is 47.8 Å². The smallest absolute Gasteiger partial charge is 0.0890 e. The van der Waals surface area contributed by atoms with Gasteiger partial charge in [0.1, 0.15) is 0 Å². The van der Waals surface area contributed by atoms with Crippen molar-refractivity contribution >= 4 is 0 Å². The lowest BCUT2D eigenvalue weighted by Crippen LogP contribution is -2.19. The number of aromatic nitrogens is 2. The maximum atomic E-state index is 5.81. The number of pyridine rings is 2. The fourth-order valence-electron chi connectivity index (χ4n) is 3.13. The van der Waals surface area contributed by atoms with Gasteiger partial charge >= 0.3 is 0 Å². The van der Waals surface area contributed by atoms with E-state index >= 15 is 0 Å². The van der Waals surface area contributed by atoms with E-state index in [0.29, 0.717) is 26.4 Å². The van der Waals surface area contributed by atoms with Crippen LogP contribution in [0.5, 0.6) is 0 Å². The highest BCUT2D eigenvalue weighted by Crippen LogP contribution is 2.16. The van der Waals surface area contributed by atoms with Gasteiger partial charge in [0, 0.05) is 26.4 Å². The van der Waals surface area contributed by atoms with E-state index < -0.39 is 0 Å². The topological polar surface area (TPSA) is 62.7 Å². The van der Waals surface area contributed by atoms with Gasteiger partial charge in [-0.25, -0.2) is 9.97 Å². The Kier molecular flexibility index (Phi) is 12.1. The minimum atomic E-state index is -0.0793. The first-order chi connectivity index (χ1) is 16.1. The van der Waals surface area contributed by atoms with Crippen LogP contribution in [0.4, 0.5) is 0 Å². The Morgan fingerprint density at radius 1 is 0.559 bits per heavy atom. The zero-order valence-electron chi connectivity index (χ0n) is 22.1. The largest absolute Gasteiger partial charge is 0.376 e. The van der Waals surface area contributed by atoms with Crippen LogP contribution in [0.2, 0.25) is 0 Å². The Bertz CT molecular complexity index is 758. The van der Waals surface area contributed by atoms with Crippen LogP contribution < -0.4 is 0 Å². The Morgan fingerprint density at radius 2 is 0.941 bits per heavy atom. The molecule has 0 aromatic carbocycles. The summed E-state index contributed by atoms with van der Waals surface area (Å²) in [5.41, 5.74) is 3.35. The van der Waals surface area contributed by atoms with E-state index in [1.54, 1.807) is 0 Å². The van der Waals surface area contributed by atoms with E-state index in [-0.39, 0.29) is 11.2 Å². The van der Waals surface area contributed by atoms with Crippen molar-refractivity contribution in [1.82, 2.24) is 9.97 Å². The molecule has 2 rings (SSSR count). The van der Waals surface area contributed by atoms with E-state index in [2.05, 4.69) is 41.5 Å². The maximum Gasteiger partial charge on any atom is 0.0890 e. The van der Waals surface area contributed by atoms with Gasteiger partial charge in [-0.15, -0.1) is 0 Å². The second-order valence-corrected chi connectivity index (χ2v) is 10.5. The Hall–Kier alpha value is -1.86. The first-order valence-electron chi connectivity index (χ1n) is 12.5. The van der Waals surface area contributed by atoms with E-state index in [1.807, 2.05) is 36.4 Å². The second kappa shape index (κ2) is 14.5. The number of nitrogens with zero attached hydrogens (tertiary/aromatic N) is 2. The highest BCUT2D eigenvalue weighted by molar-refractivity contribution is 5.54. The highest BCUT2D eigenvalue weighted by atomic mass is 16.5. The van der Waals surface area contributed by atoms with Crippen LogP contribution in [-0.2, 0) is 32.2 Å². The van der Waals surface area contributed by atoms with Crippen LogP contribution in [0.25, 0.3) is 11.4 Å². The Balaban J connectivity index is 1.71. The molecule has 0 unspecified atom stereocenters. The second-order valence-electron chi connectivity index (χ2n) is 10.5. The molecule has 0 radical (unpaired) electrons. The van der Waals surface area contributed by atoms with E-state index in [0.717, 1.165) is 61.7 Å². The van der Waals surface area contributed by atoms with Gasteiger partial charge in [0.05, 0.1) is 47.2 Å². The van der Waals surface area contributed by atoms with E-state index in [9.17, 15) is 0 Å². The lowest BCUT2D eigenvalue weighted by molar-refractivity contribution is -0.00799. The summed E-state index contributed by atoms with van der Waals surface area (Å²) in [6.07, 6.45) is 3.94. The van der Waals surface area contributed by atoms with Crippen molar-refractivity contribution in [1.29, 1.82) is 0 Å². The summed E-state index contributed by atoms with van der Waals surface area (Å²) in [6, 6.07) is 11.9. The van der Waals surface area contributed by atoms with Crippen molar-refractivity contribution in [3.8, 4) is 11.4 Å². The average Bonchev–Trinajstić information content (AvgIpc) is 2.77.